The van der Waals surface area contributed by atoms with Crippen molar-refractivity contribution >= 4 is 15.9 Å². The van der Waals surface area contributed by atoms with Gasteiger partial charge in [-0.15, -0.1) is 0 Å². The molecule has 1 aliphatic rings. The van der Waals surface area contributed by atoms with E-state index >= 15 is 0 Å². The molecule has 0 saturated carbocycles. The van der Waals surface area contributed by atoms with Crippen molar-refractivity contribution < 1.29 is 27.8 Å². The van der Waals surface area contributed by atoms with Gasteiger partial charge in [0.05, 0.1) is 23.7 Å². The van der Waals surface area contributed by atoms with Crippen LogP contribution in [0.5, 0.6) is 0 Å². The molecular formula is C51H55N3O6S. The van der Waals surface area contributed by atoms with Gasteiger partial charge in [0.1, 0.15) is 6.04 Å². The zero-order valence-electron chi connectivity index (χ0n) is 35.1. The summed E-state index contributed by atoms with van der Waals surface area (Å²) in [5, 5.41) is 12.7. The molecule has 1 saturated heterocycles. The molecule has 316 valence electrons. The lowest BCUT2D eigenvalue weighted by atomic mass is 9.89. The van der Waals surface area contributed by atoms with Crippen LogP contribution in [0.3, 0.4) is 0 Å². The zero-order chi connectivity index (χ0) is 42.9. The van der Waals surface area contributed by atoms with Crippen LogP contribution in [-0.2, 0) is 43.9 Å². The van der Waals surface area contributed by atoms with Crippen molar-refractivity contribution in [3.8, 4) is 11.1 Å². The highest BCUT2D eigenvalue weighted by Gasteiger charge is 2.39. The van der Waals surface area contributed by atoms with Crippen molar-refractivity contribution in [1.29, 1.82) is 0 Å². The molecule has 0 aromatic heterocycles. The van der Waals surface area contributed by atoms with Crippen molar-refractivity contribution in [3.63, 3.8) is 0 Å². The number of amides is 1. The van der Waals surface area contributed by atoms with Gasteiger partial charge < -0.3 is 19.9 Å². The molecule has 1 fully saturated rings. The summed E-state index contributed by atoms with van der Waals surface area (Å²) in [7, 11) is -1.85. The number of carbonyl (C=O) groups is 1. The highest BCUT2D eigenvalue weighted by molar-refractivity contribution is 7.89. The minimum absolute atomic E-state index is 0.0232. The second kappa shape index (κ2) is 19.9. The van der Waals surface area contributed by atoms with Crippen LogP contribution < -0.4 is 10.0 Å². The number of sulfonamides is 1. The van der Waals surface area contributed by atoms with E-state index in [1.807, 2.05) is 116 Å². The predicted octanol–water partition coefficient (Wildman–Crippen LogP) is 8.84. The fourth-order valence-corrected chi connectivity index (χ4v) is 9.04. The first-order valence-electron chi connectivity index (χ1n) is 20.8. The van der Waals surface area contributed by atoms with E-state index in [4.69, 9.17) is 9.47 Å². The lowest BCUT2D eigenvalue weighted by molar-refractivity contribution is -0.276. The number of rotatable bonds is 16. The maximum atomic E-state index is 13.9. The summed E-state index contributed by atoms with van der Waals surface area (Å²) in [5.41, 5.74) is 8.53. The minimum atomic E-state index is -3.98. The SMILES string of the molecule is Cc1ccc(S(=O)(=O)NC(Cc2ccccc2)C(=O)NCc2ccccc2-c2ccc(C3OC(CN(C)C(C)c4ccccc4)C(C)C(c4ccc(CO)cc4)O3)cc2)cc1. The van der Waals surface area contributed by atoms with Crippen LogP contribution in [0.2, 0.25) is 0 Å². The number of ether oxygens (including phenoxy) is 2. The van der Waals surface area contributed by atoms with Crippen molar-refractivity contribution in [3.05, 3.63) is 197 Å². The Hall–Kier alpha value is -5.46. The van der Waals surface area contributed by atoms with E-state index in [1.165, 1.54) is 5.56 Å². The largest absolute Gasteiger partial charge is 0.392 e. The number of aliphatic hydroxyl groups is 1. The molecule has 6 aromatic rings. The maximum Gasteiger partial charge on any atom is 0.241 e. The molecule has 1 aliphatic heterocycles. The highest BCUT2D eigenvalue weighted by atomic mass is 32.2. The number of aryl methyl sites for hydroxylation is 1. The number of hydrogen-bond acceptors (Lipinski definition) is 7. The van der Waals surface area contributed by atoms with Gasteiger partial charge in [0.15, 0.2) is 6.29 Å². The molecule has 0 spiro atoms. The van der Waals surface area contributed by atoms with Crippen molar-refractivity contribution in [2.24, 2.45) is 5.92 Å². The molecule has 1 amide bonds. The summed E-state index contributed by atoms with van der Waals surface area (Å²) in [6.07, 6.45) is -0.831. The molecular weight excluding hydrogens is 783 g/mol. The van der Waals surface area contributed by atoms with Gasteiger partial charge >= 0.3 is 0 Å². The Balaban J connectivity index is 1.09. The Morgan fingerprint density at radius 1 is 0.754 bits per heavy atom. The molecule has 9 nitrogen and oxygen atoms in total. The summed E-state index contributed by atoms with van der Waals surface area (Å²) in [6.45, 7) is 7.13. The quantitative estimate of drug-likeness (QED) is 0.0893. The summed E-state index contributed by atoms with van der Waals surface area (Å²) in [5.74, 6) is -0.391. The van der Waals surface area contributed by atoms with Crippen LogP contribution in [0.4, 0.5) is 0 Å². The van der Waals surface area contributed by atoms with E-state index in [1.54, 1.807) is 24.3 Å². The number of nitrogens with one attached hydrogen (secondary N) is 2. The van der Waals surface area contributed by atoms with E-state index < -0.39 is 28.3 Å². The first-order valence-corrected chi connectivity index (χ1v) is 22.3. The van der Waals surface area contributed by atoms with E-state index in [0.717, 1.165) is 44.5 Å². The van der Waals surface area contributed by atoms with Gasteiger partial charge in [0, 0.05) is 30.6 Å². The monoisotopic (exact) mass is 837 g/mol. The third-order valence-electron chi connectivity index (χ3n) is 11.7. The van der Waals surface area contributed by atoms with E-state index in [-0.39, 0.29) is 48.6 Å². The summed E-state index contributed by atoms with van der Waals surface area (Å²) in [4.78, 5) is 16.3. The van der Waals surface area contributed by atoms with Crippen LogP contribution in [0.25, 0.3) is 11.1 Å². The number of nitrogens with zero attached hydrogens (tertiary/aromatic N) is 1. The predicted molar refractivity (Wildman–Crippen MR) is 240 cm³/mol. The molecule has 6 atom stereocenters. The normalized spacial score (nSPS) is 19.0. The van der Waals surface area contributed by atoms with Crippen LogP contribution in [0.1, 0.15) is 71.2 Å². The zero-order valence-corrected chi connectivity index (χ0v) is 36.0. The van der Waals surface area contributed by atoms with Gasteiger partial charge in [0.25, 0.3) is 0 Å². The fraction of sp³-hybridized carbons (Fsp3) is 0.275. The first-order chi connectivity index (χ1) is 29.5. The number of carbonyl (C=O) groups excluding carboxylic acids is 1. The molecule has 7 rings (SSSR count). The fourth-order valence-electron chi connectivity index (χ4n) is 7.85. The van der Waals surface area contributed by atoms with Crippen LogP contribution >= 0.6 is 0 Å². The van der Waals surface area contributed by atoms with E-state index in [9.17, 15) is 18.3 Å². The van der Waals surface area contributed by atoms with Gasteiger partial charge in [-0.05, 0) is 78.4 Å². The van der Waals surface area contributed by atoms with Crippen molar-refractivity contribution in [1.82, 2.24) is 14.9 Å². The molecule has 6 aromatic carbocycles. The van der Waals surface area contributed by atoms with Crippen LogP contribution in [0, 0.1) is 12.8 Å². The second-order valence-corrected chi connectivity index (χ2v) is 17.7. The van der Waals surface area contributed by atoms with Crippen molar-refractivity contribution in [2.45, 2.75) is 75.8 Å². The molecule has 0 bridgehead atoms. The first kappa shape index (κ1) is 43.6. The molecule has 6 unspecified atom stereocenters. The van der Waals surface area contributed by atoms with Crippen LogP contribution in [-0.4, -0.2) is 50.1 Å². The van der Waals surface area contributed by atoms with Gasteiger partial charge in [0.2, 0.25) is 15.9 Å². The summed E-state index contributed by atoms with van der Waals surface area (Å²) < 4.78 is 43.2. The van der Waals surface area contributed by atoms with Gasteiger partial charge in [-0.1, -0.05) is 158 Å². The molecule has 61 heavy (non-hydrogen) atoms. The standard InChI is InChI=1S/C51H55N3O6S/c1-35-19-29-45(30-20-35)61(57,58)53-47(31-38-13-7-5-8-14-38)50(56)52-32-44-17-11-12-18-46(44)41-25-27-43(28-26-41)51-59-48(33-54(4)37(3)40-15-9-6-10-16-40)36(2)49(60-51)42-23-21-39(34-55)22-24-42/h5-30,36-37,47-49,51,53,55H,31-34H2,1-4H3,(H,52,56). The Kier molecular flexibility index (Phi) is 14.3. The molecule has 1 heterocycles. The number of likely N-dealkylation sites (N-methyl/N-ethyl adjacent to an activating group) is 1. The smallest absolute Gasteiger partial charge is 0.241 e. The van der Waals surface area contributed by atoms with E-state index in [2.05, 4.69) is 60.1 Å². The molecule has 0 aliphatic carbocycles. The topological polar surface area (TPSA) is 117 Å². The van der Waals surface area contributed by atoms with Gasteiger partial charge in [-0.25, -0.2) is 8.42 Å². The van der Waals surface area contributed by atoms with Crippen molar-refractivity contribution in [2.75, 3.05) is 13.6 Å². The maximum absolute atomic E-state index is 13.9. The highest BCUT2D eigenvalue weighted by Crippen LogP contribution is 2.42. The van der Waals surface area contributed by atoms with Gasteiger partial charge in [-0.3, -0.25) is 9.69 Å². The second-order valence-electron chi connectivity index (χ2n) is 16.0. The average molecular weight is 838 g/mol. The third-order valence-corrected chi connectivity index (χ3v) is 13.2. The lowest BCUT2D eigenvalue weighted by Gasteiger charge is -2.43. The lowest BCUT2D eigenvalue weighted by Crippen LogP contribution is -2.47. The molecule has 10 heteroatoms. The van der Waals surface area contributed by atoms with Gasteiger partial charge in [-0.2, -0.15) is 4.72 Å². The number of benzene rings is 6. The molecule has 3 N–H and O–H groups in total. The summed E-state index contributed by atoms with van der Waals surface area (Å²) >= 11 is 0. The summed E-state index contributed by atoms with van der Waals surface area (Å²) in [6, 6.07) is 49.5. The number of aliphatic hydroxyl groups excluding tert-OH is 1. The Bertz CT molecular complexity index is 2450. The Morgan fingerprint density at radius 3 is 2.05 bits per heavy atom. The third kappa shape index (κ3) is 10.9. The van der Waals surface area contributed by atoms with E-state index in [0.29, 0.717) is 6.54 Å². The number of hydrogen-bond donors (Lipinski definition) is 3. The average Bonchev–Trinajstić information content (AvgIpc) is 3.29. The minimum Gasteiger partial charge on any atom is -0.392 e. The Labute approximate surface area is 360 Å². The Morgan fingerprint density at radius 2 is 1.38 bits per heavy atom. The van der Waals surface area contributed by atoms with Crippen LogP contribution in [0.15, 0.2) is 163 Å². The molecule has 0 radical (unpaired) electrons.